The molecular weight excluding hydrogens is 240 g/mol. The van der Waals surface area contributed by atoms with Gasteiger partial charge in [-0.1, -0.05) is 30.3 Å². The Balaban J connectivity index is 1.81. The van der Waals surface area contributed by atoms with E-state index in [-0.39, 0.29) is 0 Å². The van der Waals surface area contributed by atoms with Crippen molar-refractivity contribution >= 4 is 21.4 Å². The number of hydrogen-bond acceptors (Lipinski definition) is 2. The highest BCUT2D eigenvalue weighted by Crippen LogP contribution is 2.26. The van der Waals surface area contributed by atoms with Crippen LogP contribution in [0.2, 0.25) is 0 Å². The average Bonchev–Trinajstić information content (AvgIpc) is 2.80. The molecule has 0 fully saturated rings. The van der Waals surface area contributed by atoms with Crippen LogP contribution in [0.3, 0.4) is 0 Å². The van der Waals surface area contributed by atoms with Gasteiger partial charge >= 0.3 is 0 Å². The maximum Gasteiger partial charge on any atom is 0.120 e. The Bertz CT molecular complexity index is 669. The van der Waals surface area contributed by atoms with Crippen molar-refractivity contribution in [1.82, 2.24) is 0 Å². The molecule has 0 aliphatic rings. The first kappa shape index (κ1) is 11.3. The standard InChI is InChI=1S/C16H14OS/c1-12-5-4-6-14(9-12)17-10-13-11-18-16-8-3-2-7-15(13)16/h2-9,11H,10H2,1H3. The maximum atomic E-state index is 5.85. The zero-order valence-electron chi connectivity index (χ0n) is 10.2. The summed E-state index contributed by atoms with van der Waals surface area (Å²) in [6.45, 7) is 2.71. The fourth-order valence-electron chi connectivity index (χ4n) is 2.01. The molecule has 0 bridgehead atoms. The molecule has 0 atom stereocenters. The first-order valence-electron chi connectivity index (χ1n) is 5.97. The lowest BCUT2D eigenvalue weighted by Crippen LogP contribution is -1.94. The molecule has 0 saturated heterocycles. The molecule has 2 heteroatoms. The molecule has 0 saturated carbocycles. The maximum absolute atomic E-state index is 5.85. The van der Waals surface area contributed by atoms with E-state index in [2.05, 4.69) is 48.7 Å². The molecule has 0 amide bonds. The van der Waals surface area contributed by atoms with Crippen molar-refractivity contribution in [2.75, 3.05) is 0 Å². The fourth-order valence-corrected chi connectivity index (χ4v) is 2.96. The van der Waals surface area contributed by atoms with Crippen LogP contribution in [-0.4, -0.2) is 0 Å². The fraction of sp³-hybridized carbons (Fsp3) is 0.125. The van der Waals surface area contributed by atoms with Crippen LogP contribution in [-0.2, 0) is 6.61 Å². The number of ether oxygens (including phenoxy) is 1. The highest BCUT2D eigenvalue weighted by molar-refractivity contribution is 7.17. The predicted octanol–water partition coefficient (Wildman–Crippen LogP) is 4.79. The van der Waals surface area contributed by atoms with Gasteiger partial charge in [0.25, 0.3) is 0 Å². The zero-order valence-corrected chi connectivity index (χ0v) is 11.0. The van der Waals surface area contributed by atoms with E-state index in [9.17, 15) is 0 Å². The van der Waals surface area contributed by atoms with Crippen LogP contribution in [0.1, 0.15) is 11.1 Å². The van der Waals surface area contributed by atoms with Gasteiger partial charge in [-0.15, -0.1) is 11.3 Å². The molecule has 1 heterocycles. The summed E-state index contributed by atoms with van der Waals surface area (Å²) in [6, 6.07) is 16.6. The molecule has 3 rings (SSSR count). The molecule has 0 unspecified atom stereocenters. The van der Waals surface area contributed by atoms with Crippen molar-refractivity contribution in [3.63, 3.8) is 0 Å². The molecule has 0 aliphatic carbocycles. The molecule has 90 valence electrons. The van der Waals surface area contributed by atoms with E-state index < -0.39 is 0 Å². The molecule has 3 aromatic rings. The largest absolute Gasteiger partial charge is 0.489 e. The lowest BCUT2D eigenvalue weighted by atomic mass is 10.2. The minimum absolute atomic E-state index is 0.632. The van der Waals surface area contributed by atoms with Crippen molar-refractivity contribution in [3.05, 3.63) is 65.0 Å². The van der Waals surface area contributed by atoms with Gasteiger partial charge in [0.05, 0.1) is 0 Å². The number of aryl methyl sites for hydroxylation is 1. The van der Waals surface area contributed by atoms with E-state index in [0.717, 1.165) is 5.75 Å². The van der Waals surface area contributed by atoms with E-state index in [1.807, 2.05) is 12.1 Å². The van der Waals surface area contributed by atoms with E-state index in [1.54, 1.807) is 11.3 Å². The number of thiophene rings is 1. The third-order valence-electron chi connectivity index (χ3n) is 2.95. The van der Waals surface area contributed by atoms with E-state index >= 15 is 0 Å². The molecule has 2 aromatic carbocycles. The Morgan fingerprint density at radius 2 is 1.94 bits per heavy atom. The molecule has 0 radical (unpaired) electrons. The summed E-state index contributed by atoms with van der Waals surface area (Å²) >= 11 is 1.77. The van der Waals surface area contributed by atoms with Crippen molar-refractivity contribution in [1.29, 1.82) is 0 Å². The van der Waals surface area contributed by atoms with E-state index in [1.165, 1.54) is 21.2 Å². The number of fused-ring (bicyclic) bond motifs is 1. The van der Waals surface area contributed by atoms with Crippen LogP contribution in [0.5, 0.6) is 5.75 Å². The van der Waals surface area contributed by atoms with Gasteiger partial charge in [-0.25, -0.2) is 0 Å². The van der Waals surface area contributed by atoms with Crippen molar-refractivity contribution < 1.29 is 4.74 Å². The van der Waals surface area contributed by atoms with Crippen LogP contribution in [0.15, 0.2) is 53.9 Å². The third kappa shape index (κ3) is 2.24. The van der Waals surface area contributed by atoms with Gasteiger partial charge in [0, 0.05) is 10.3 Å². The Hall–Kier alpha value is -1.80. The molecule has 1 aromatic heterocycles. The second-order valence-corrected chi connectivity index (χ2v) is 5.27. The van der Waals surface area contributed by atoms with Crippen LogP contribution < -0.4 is 4.74 Å². The quantitative estimate of drug-likeness (QED) is 0.653. The van der Waals surface area contributed by atoms with Gasteiger partial charge in [0.15, 0.2) is 0 Å². The smallest absolute Gasteiger partial charge is 0.120 e. The first-order chi connectivity index (χ1) is 8.83. The van der Waals surface area contributed by atoms with Crippen LogP contribution >= 0.6 is 11.3 Å². The van der Waals surface area contributed by atoms with Gasteiger partial charge in [-0.3, -0.25) is 0 Å². The number of benzene rings is 2. The second kappa shape index (κ2) is 4.83. The lowest BCUT2D eigenvalue weighted by molar-refractivity contribution is 0.308. The number of rotatable bonds is 3. The normalized spacial score (nSPS) is 10.7. The Morgan fingerprint density at radius 1 is 1.06 bits per heavy atom. The topological polar surface area (TPSA) is 9.23 Å². The van der Waals surface area contributed by atoms with Gasteiger partial charge in [0.1, 0.15) is 12.4 Å². The van der Waals surface area contributed by atoms with Crippen LogP contribution in [0, 0.1) is 6.92 Å². The minimum Gasteiger partial charge on any atom is -0.489 e. The SMILES string of the molecule is Cc1cccc(OCc2csc3ccccc23)c1. The van der Waals surface area contributed by atoms with Crippen LogP contribution in [0.4, 0.5) is 0 Å². The molecule has 1 nitrogen and oxygen atoms in total. The minimum atomic E-state index is 0.632. The predicted molar refractivity (Wildman–Crippen MR) is 77.3 cm³/mol. The summed E-state index contributed by atoms with van der Waals surface area (Å²) in [6.07, 6.45) is 0. The monoisotopic (exact) mass is 254 g/mol. The lowest BCUT2D eigenvalue weighted by Gasteiger charge is -2.06. The Labute approximate surface area is 111 Å². The van der Waals surface area contributed by atoms with Crippen LogP contribution in [0.25, 0.3) is 10.1 Å². The number of hydrogen-bond donors (Lipinski definition) is 0. The molecule has 18 heavy (non-hydrogen) atoms. The molecule has 0 aliphatic heterocycles. The summed E-state index contributed by atoms with van der Waals surface area (Å²) in [7, 11) is 0. The average molecular weight is 254 g/mol. The van der Waals surface area contributed by atoms with Crippen molar-refractivity contribution in [2.24, 2.45) is 0 Å². The van der Waals surface area contributed by atoms with Gasteiger partial charge < -0.3 is 4.74 Å². The molecule has 0 spiro atoms. The van der Waals surface area contributed by atoms with Gasteiger partial charge in [-0.2, -0.15) is 0 Å². The third-order valence-corrected chi connectivity index (χ3v) is 3.96. The van der Waals surface area contributed by atoms with E-state index in [4.69, 9.17) is 4.74 Å². The summed E-state index contributed by atoms with van der Waals surface area (Å²) in [4.78, 5) is 0. The van der Waals surface area contributed by atoms with Crippen molar-refractivity contribution in [3.8, 4) is 5.75 Å². The molecule has 0 N–H and O–H groups in total. The Kier molecular flexibility index (Phi) is 3.03. The molecular formula is C16H14OS. The summed E-state index contributed by atoms with van der Waals surface area (Å²) < 4.78 is 7.17. The Morgan fingerprint density at radius 3 is 2.83 bits per heavy atom. The zero-order chi connectivity index (χ0) is 12.4. The van der Waals surface area contributed by atoms with Gasteiger partial charge in [-0.05, 0) is 41.5 Å². The van der Waals surface area contributed by atoms with E-state index in [0.29, 0.717) is 6.61 Å². The van der Waals surface area contributed by atoms with Gasteiger partial charge in [0.2, 0.25) is 0 Å². The summed E-state index contributed by atoms with van der Waals surface area (Å²) in [5, 5.41) is 3.48. The highest BCUT2D eigenvalue weighted by Gasteiger charge is 2.03. The first-order valence-corrected chi connectivity index (χ1v) is 6.85. The second-order valence-electron chi connectivity index (χ2n) is 4.36. The summed E-state index contributed by atoms with van der Waals surface area (Å²) in [5.41, 5.74) is 2.49. The van der Waals surface area contributed by atoms with Crippen molar-refractivity contribution in [2.45, 2.75) is 13.5 Å². The summed E-state index contributed by atoms with van der Waals surface area (Å²) in [5.74, 6) is 0.935. The highest BCUT2D eigenvalue weighted by atomic mass is 32.1.